The molecule has 0 nitrogen and oxygen atoms in total. The van der Waals surface area contributed by atoms with E-state index in [4.69, 9.17) is 0 Å². The van der Waals surface area contributed by atoms with Crippen LogP contribution in [0.3, 0.4) is 0 Å². The minimum Gasteiger partial charge on any atom is -0.244 e. The van der Waals surface area contributed by atoms with Gasteiger partial charge < -0.3 is 0 Å². The van der Waals surface area contributed by atoms with E-state index in [9.17, 15) is 4.39 Å². The van der Waals surface area contributed by atoms with E-state index in [1.807, 2.05) is 0 Å². The highest BCUT2D eigenvalue weighted by molar-refractivity contribution is 4.96. The zero-order valence-electron chi connectivity index (χ0n) is 10.5. The summed E-state index contributed by atoms with van der Waals surface area (Å²) in [6.07, 6.45) is 7.86. The molecular formula is C14H25F. The molecular weight excluding hydrogens is 187 g/mol. The molecule has 88 valence electrons. The highest BCUT2D eigenvalue weighted by atomic mass is 19.1. The molecule has 2 fully saturated rings. The Morgan fingerprint density at radius 3 is 2.33 bits per heavy atom. The lowest BCUT2D eigenvalue weighted by molar-refractivity contribution is -0.0278. The standard InChI is InChI=1S/C14H25F/c1-4-13(3)9-12(10-13)8-11(2)14(15)6-5-7-14/h11-12H,4-10H2,1-3H3. The van der Waals surface area contributed by atoms with Crippen LogP contribution in [0.2, 0.25) is 0 Å². The van der Waals surface area contributed by atoms with Gasteiger partial charge >= 0.3 is 0 Å². The summed E-state index contributed by atoms with van der Waals surface area (Å²) in [5.41, 5.74) is -0.189. The van der Waals surface area contributed by atoms with Crippen molar-refractivity contribution in [2.45, 2.75) is 71.4 Å². The lowest BCUT2D eigenvalue weighted by Crippen LogP contribution is -2.42. The molecule has 0 saturated heterocycles. The topological polar surface area (TPSA) is 0 Å². The third kappa shape index (κ3) is 2.07. The molecule has 0 aromatic rings. The van der Waals surface area contributed by atoms with Gasteiger partial charge in [-0.05, 0) is 55.8 Å². The highest BCUT2D eigenvalue weighted by Gasteiger charge is 2.46. The first kappa shape index (κ1) is 11.4. The molecule has 2 aliphatic rings. The first-order valence-corrected chi connectivity index (χ1v) is 6.66. The summed E-state index contributed by atoms with van der Waals surface area (Å²) >= 11 is 0. The molecule has 0 aromatic heterocycles. The first-order valence-electron chi connectivity index (χ1n) is 6.66. The minimum atomic E-state index is -0.780. The van der Waals surface area contributed by atoms with Crippen LogP contribution in [-0.2, 0) is 0 Å². The molecule has 0 amide bonds. The third-order valence-electron chi connectivity index (χ3n) is 5.17. The van der Waals surface area contributed by atoms with Crippen molar-refractivity contribution >= 4 is 0 Å². The SMILES string of the molecule is CCC1(C)CC(CC(C)C2(F)CCC2)C1. The molecule has 1 unspecified atom stereocenters. The van der Waals surface area contributed by atoms with Gasteiger partial charge in [0.15, 0.2) is 0 Å². The second-order valence-corrected chi connectivity index (χ2v) is 6.46. The molecule has 0 heterocycles. The van der Waals surface area contributed by atoms with Crippen LogP contribution in [0, 0.1) is 17.3 Å². The first-order chi connectivity index (χ1) is 6.97. The van der Waals surface area contributed by atoms with E-state index in [0.717, 1.165) is 31.6 Å². The van der Waals surface area contributed by atoms with E-state index in [1.54, 1.807) is 0 Å². The van der Waals surface area contributed by atoms with E-state index in [1.165, 1.54) is 19.3 Å². The van der Waals surface area contributed by atoms with Gasteiger partial charge in [-0.2, -0.15) is 0 Å². The number of hydrogen-bond acceptors (Lipinski definition) is 0. The monoisotopic (exact) mass is 212 g/mol. The fourth-order valence-corrected chi connectivity index (χ4v) is 3.51. The van der Waals surface area contributed by atoms with Crippen molar-refractivity contribution in [3.8, 4) is 0 Å². The summed E-state index contributed by atoms with van der Waals surface area (Å²) in [7, 11) is 0. The Morgan fingerprint density at radius 2 is 1.93 bits per heavy atom. The number of alkyl halides is 1. The maximum Gasteiger partial charge on any atom is 0.113 e. The highest BCUT2D eigenvalue weighted by Crippen LogP contribution is 2.53. The van der Waals surface area contributed by atoms with E-state index in [2.05, 4.69) is 20.8 Å². The lowest BCUT2D eigenvalue weighted by Gasteiger charge is -2.48. The Labute approximate surface area is 93.6 Å². The van der Waals surface area contributed by atoms with Crippen LogP contribution in [0.5, 0.6) is 0 Å². The van der Waals surface area contributed by atoms with Gasteiger partial charge in [-0.3, -0.25) is 0 Å². The van der Waals surface area contributed by atoms with Crippen LogP contribution in [0.25, 0.3) is 0 Å². The van der Waals surface area contributed by atoms with Gasteiger partial charge in [-0.1, -0.05) is 27.2 Å². The summed E-state index contributed by atoms with van der Waals surface area (Å²) in [5, 5.41) is 0. The molecule has 0 aliphatic heterocycles. The normalized spacial score (nSPS) is 40.4. The minimum absolute atomic E-state index is 0.303. The van der Waals surface area contributed by atoms with Crippen LogP contribution in [0.4, 0.5) is 4.39 Å². The molecule has 0 aromatic carbocycles. The van der Waals surface area contributed by atoms with E-state index < -0.39 is 5.67 Å². The predicted octanol–water partition coefficient (Wildman–Crippen LogP) is 4.73. The van der Waals surface area contributed by atoms with Gasteiger partial charge in [-0.25, -0.2) is 4.39 Å². The van der Waals surface area contributed by atoms with Gasteiger partial charge in [0, 0.05) is 0 Å². The summed E-state index contributed by atoms with van der Waals surface area (Å²) in [6, 6.07) is 0. The van der Waals surface area contributed by atoms with Crippen LogP contribution in [-0.4, -0.2) is 5.67 Å². The Balaban J connectivity index is 1.75. The number of rotatable bonds is 4. The van der Waals surface area contributed by atoms with Gasteiger partial charge in [0.05, 0.1) is 0 Å². The zero-order chi connectivity index (χ0) is 11.1. The Morgan fingerprint density at radius 1 is 1.33 bits per heavy atom. The van der Waals surface area contributed by atoms with Crippen LogP contribution >= 0.6 is 0 Å². The lowest BCUT2D eigenvalue weighted by atomic mass is 9.58. The Hall–Kier alpha value is -0.0700. The van der Waals surface area contributed by atoms with Crippen molar-refractivity contribution in [1.29, 1.82) is 0 Å². The van der Waals surface area contributed by atoms with Crippen LogP contribution in [0.15, 0.2) is 0 Å². The summed E-state index contributed by atoms with van der Waals surface area (Å²) in [5.74, 6) is 1.12. The zero-order valence-corrected chi connectivity index (χ0v) is 10.5. The fourth-order valence-electron chi connectivity index (χ4n) is 3.51. The maximum absolute atomic E-state index is 14.1. The molecule has 2 rings (SSSR count). The molecule has 0 bridgehead atoms. The summed E-state index contributed by atoms with van der Waals surface area (Å²) in [4.78, 5) is 0. The van der Waals surface area contributed by atoms with Crippen molar-refractivity contribution in [1.82, 2.24) is 0 Å². The second-order valence-electron chi connectivity index (χ2n) is 6.46. The van der Waals surface area contributed by atoms with Crippen LogP contribution < -0.4 is 0 Å². The molecule has 2 saturated carbocycles. The number of hydrogen-bond donors (Lipinski definition) is 0. The molecule has 0 radical (unpaired) electrons. The smallest absolute Gasteiger partial charge is 0.113 e. The fraction of sp³-hybridized carbons (Fsp3) is 1.00. The van der Waals surface area contributed by atoms with Gasteiger partial charge in [0.1, 0.15) is 5.67 Å². The number of halogens is 1. The van der Waals surface area contributed by atoms with Crippen molar-refractivity contribution in [3.05, 3.63) is 0 Å². The van der Waals surface area contributed by atoms with Crippen molar-refractivity contribution in [2.75, 3.05) is 0 Å². The van der Waals surface area contributed by atoms with Crippen molar-refractivity contribution in [2.24, 2.45) is 17.3 Å². The summed E-state index contributed by atoms with van der Waals surface area (Å²) < 4.78 is 14.1. The average Bonchev–Trinajstić information content (AvgIpc) is 2.11. The van der Waals surface area contributed by atoms with Gasteiger partial charge in [-0.15, -0.1) is 0 Å². The van der Waals surface area contributed by atoms with E-state index in [0.29, 0.717) is 11.3 Å². The van der Waals surface area contributed by atoms with E-state index >= 15 is 0 Å². The molecule has 1 heteroatoms. The molecule has 1 atom stereocenters. The largest absolute Gasteiger partial charge is 0.244 e. The van der Waals surface area contributed by atoms with Crippen molar-refractivity contribution < 1.29 is 4.39 Å². The van der Waals surface area contributed by atoms with Gasteiger partial charge in [0.25, 0.3) is 0 Å². The Kier molecular flexibility index (Phi) is 2.85. The molecule has 15 heavy (non-hydrogen) atoms. The quantitative estimate of drug-likeness (QED) is 0.632. The van der Waals surface area contributed by atoms with Crippen molar-refractivity contribution in [3.63, 3.8) is 0 Å². The predicted molar refractivity (Wildman–Crippen MR) is 62.6 cm³/mol. The van der Waals surface area contributed by atoms with E-state index in [-0.39, 0.29) is 0 Å². The van der Waals surface area contributed by atoms with Crippen LogP contribution in [0.1, 0.15) is 65.7 Å². The molecule has 0 N–H and O–H groups in total. The Bertz CT molecular complexity index is 223. The molecule has 2 aliphatic carbocycles. The summed E-state index contributed by atoms with van der Waals surface area (Å²) in [6.45, 7) is 6.78. The average molecular weight is 212 g/mol. The van der Waals surface area contributed by atoms with Gasteiger partial charge in [0.2, 0.25) is 0 Å². The third-order valence-corrected chi connectivity index (χ3v) is 5.17. The maximum atomic E-state index is 14.1. The second kappa shape index (κ2) is 3.75. The molecule has 0 spiro atoms.